The minimum Gasteiger partial charge on any atom is -0.509 e. The number of primary amides is 1. The minimum atomic E-state index is -4.76. The van der Waals surface area contributed by atoms with Crippen LogP contribution in [0.5, 0.6) is 5.75 Å². The quantitative estimate of drug-likeness (QED) is 0.143. The van der Waals surface area contributed by atoms with Gasteiger partial charge >= 0.3 is 0 Å². The first-order valence-electron chi connectivity index (χ1n) is 12.0. The number of sulfonamides is 1. The number of nitrogens with zero attached hydrogens (tertiary/aromatic N) is 1. The lowest BCUT2D eigenvalue weighted by molar-refractivity contribution is -0.129. The summed E-state index contributed by atoms with van der Waals surface area (Å²) < 4.78 is 24.6. The molecule has 210 valence electrons. The minimum absolute atomic E-state index is 0.0774. The lowest BCUT2D eigenvalue weighted by atomic mass is 9.73. The summed E-state index contributed by atoms with van der Waals surface area (Å²) in [5.41, 5.74) is 10.5. The topological polar surface area (TPSA) is 251 Å². The first-order valence-corrected chi connectivity index (χ1v) is 13.5. The number of nitrogens with two attached hydrogens (primary N) is 3. The number of nitrogens with one attached hydrogen (secondary N) is 3. The molecule has 0 radical (unpaired) electrons. The molecule has 1 heterocycles. The second-order valence-corrected chi connectivity index (χ2v) is 11.8. The van der Waals surface area contributed by atoms with Gasteiger partial charge in [-0.2, -0.15) is 0 Å². The average molecular weight is 568 g/mol. The summed E-state index contributed by atoms with van der Waals surface area (Å²) in [5.74, 6) is -2.89. The van der Waals surface area contributed by atoms with Gasteiger partial charge in [0.05, 0.1) is 23.0 Å². The zero-order chi connectivity index (χ0) is 29.6. The van der Waals surface area contributed by atoms with Crippen molar-refractivity contribution in [1.82, 2.24) is 15.3 Å². The Balaban J connectivity index is 2.03. The number of H-pyrrole nitrogens is 1. The maximum Gasteiger partial charge on any atom is 0.236 e. The lowest BCUT2D eigenvalue weighted by Gasteiger charge is -2.38. The van der Waals surface area contributed by atoms with Crippen molar-refractivity contribution in [2.24, 2.45) is 22.0 Å². The number of rotatable bonds is 8. The van der Waals surface area contributed by atoms with Crippen LogP contribution in [0.1, 0.15) is 37.2 Å². The van der Waals surface area contributed by atoms with Crippen LogP contribution in [0, 0.1) is 10.8 Å². The molecule has 0 saturated carbocycles. The molecule has 1 atom stereocenters. The van der Waals surface area contributed by atoms with Gasteiger partial charge in [-0.1, -0.05) is 29.8 Å². The summed E-state index contributed by atoms with van der Waals surface area (Å²) in [6.07, 6.45) is 0.902. The number of amidine groups is 1. The monoisotopic (exact) mass is 567 g/mol. The van der Waals surface area contributed by atoms with Gasteiger partial charge in [0.15, 0.2) is 0 Å². The Bertz CT molecular complexity index is 1740. The van der Waals surface area contributed by atoms with Gasteiger partial charge in [0.2, 0.25) is 26.6 Å². The molecule has 4 rings (SSSR count). The smallest absolute Gasteiger partial charge is 0.236 e. The maximum atomic E-state index is 13.5. The molecule has 1 aromatic heterocycles. The van der Waals surface area contributed by atoms with Crippen molar-refractivity contribution in [2.45, 2.75) is 25.0 Å². The number of nitrogen functional groups attached to an aromatic ring is 1. The highest BCUT2D eigenvalue weighted by Gasteiger charge is 2.56. The molecular weight excluding hydrogens is 538 g/mol. The third kappa shape index (κ3) is 4.67. The van der Waals surface area contributed by atoms with Gasteiger partial charge in [0, 0.05) is 23.1 Å². The summed E-state index contributed by atoms with van der Waals surface area (Å²) in [4.78, 5) is 31.8. The molecule has 2 amide bonds. The largest absolute Gasteiger partial charge is 0.509 e. The van der Waals surface area contributed by atoms with Crippen LogP contribution >= 0.6 is 0 Å². The van der Waals surface area contributed by atoms with E-state index in [4.69, 9.17) is 22.0 Å². The molecule has 1 aliphatic carbocycles. The number of allylic oxidation sites excluding steroid dienone is 2. The van der Waals surface area contributed by atoms with Crippen molar-refractivity contribution in [3.05, 3.63) is 76.8 Å². The Hall–Kier alpha value is -4.69. The first kappa shape index (κ1) is 28.3. The molecule has 0 saturated heterocycles. The second kappa shape index (κ2) is 9.81. The first-order chi connectivity index (χ1) is 18.6. The standard InChI is InChI=1S/C26H29N7O6S/c1-25(2,24(37)31-12-20(27)35)14-10-16(15-5-3-4-6-19(15)34)21(36)26(11-14,40(30,38)39)23-32-17-8-7-13(22(28)29)9-18(17)33-23/h3-10,34,36H,11-12H2,1-2H3,(H2,27,35)(H3,28,29)(H,31,37)(H,32,33)(H2,30,38,39). The summed E-state index contributed by atoms with van der Waals surface area (Å²) in [7, 11) is -4.76. The SMILES string of the molecule is CC(C)(C(=O)NCC(N)=O)C1=CC(c2ccccc2O)=C(O)C(c2nc3ccc(C(=N)N)cc3[nH]2)(S(N)(=O)=O)C1. The van der Waals surface area contributed by atoms with Crippen molar-refractivity contribution in [2.75, 3.05) is 6.54 Å². The second-order valence-electron chi connectivity index (χ2n) is 10.0. The predicted molar refractivity (Wildman–Crippen MR) is 148 cm³/mol. The van der Waals surface area contributed by atoms with E-state index in [-0.39, 0.29) is 34.1 Å². The van der Waals surface area contributed by atoms with E-state index in [2.05, 4.69) is 15.3 Å². The van der Waals surface area contributed by atoms with Crippen molar-refractivity contribution in [3.8, 4) is 5.75 Å². The summed E-state index contributed by atoms with van der Waals surface area (Å²) in [6.45, 7) is 2.56. The Kier molecular flexibility index (Phi) is 6.94. The molecule has 0 spiro atoms. The summed E-state index contributed by atoms with van der Waals surface area (Å²) >= 11 is 0. The van der Waals surface area contributed by atoms with E-state index in [9.17, 15) is 28.2 Å². The van der Waals surface area contributed by atoms with Crippen molar-refractivity contribution < 1.29 is 28.2 Å². The number of aliphatic hydroxyl groups is 1. The third-order valence-electron chi connectivity index (χ3n) is 7.04. The fraction of sp³-hybridized carbons (Fsp3) is 0.231. The molecule has 0 bridgehead atoms. The van der Waals surface area contributed by atoms with E-state index in [1.165, 1.54) is 50.3 Å². The van der Waals surface area contributed by atoms with Crippen LogP contribution in [0.25, 0.3) is 16.6 Å². The number of para-hydroxylation sites is 1. The molecule has 1 aliphatic rings. The number of aliphatic hydroxyl groups excluding tert-OH is 1. The molecule has 40 heavy (non-hydrogen) atoms. The fourth-order valence-electron chi connectivity index (χ4n) is 4.64. The Morgan fingerprint density at radius 3 is 2.45 bits per heavy atom. The van der Waals surface area contributed by atoms with Gasteiger partial charge in [-0.3, -0.25) is 15.0 Å². The van der Waals surface area contributed by atoms with Crippen molar-refractivity contribution >= 4 is 44.3 Å². The highest BCUT2D eigenvalue weighted by atomic mass is 32.2. The maximum absolute atomic E-state index is 13.5. The van der Waals surface area contributed by atoms with E-state index < -0.39 is 50.7 Å². The number of aromatic nitrogens is 2. The number of aromatic amines is 1. The Morgan fingerprint density at radius 2 is 1.85 bits per heavy atom. The van der Waals surface area contributed by atoms with Crippen LogP contribution in [0.4, 0.5) is 0 Å². The van der Waals surface area contributed by atoms with Gasteiger partial charge in [-0.05, 0) is 38.1 Å². The molecule has 2 aromatic carbocycles. The van der Waals surface area contributed by atoms with Crippen LogP contribution in [0.2, 0.25) is 0 Å². The van der Waals surface area contributed by atoms with E-state index in [1.807, 2.05) is 0 Å². The van der Waals surface area contributed by atoms with Crippen LogP contribution in [0.15, 0.2) is 59.9 Å². The van der Waals surface area contributed by atoms with E-state index in [1.54, 1.807) is 12.1 Å². The number of phenols is 1. The van der Waals surface area contributed by atoms with Crippen LogP contribution < -0.4 is 21.9 Å². The Labute approximate surface area is 229 Å². The van der Waals surface area contributed by atoms with Gasteiger partial charge < -0.3 is 32.0 Å². The van der Waals surface area contributed by atoms with Crippen molar-refractivity contribution in [3.63, 3.8) is 0 Å². The molecule has 3 aromatic rings. The number of fused-ring (bicyclic) bond motifs is 1. The fourth-order valence-corrected chi connectivity index (χ4v) is 5.74. The van der Waals surface area contributed by atoms with Crippen LogP contribution in [-0.2, 0) is 24.4 Å². The van der Waals surface area contributed by atoms with Gasteiger partial charge in [-0.25, -0.2) is 18.5 Å². The zero-order valence-corrected chi connectivity index (χ0v) is 22.5. The molecular formula is C26H29N7O6S. The number of imidazole rings is 1. The molecule has 11 N–H and O–H groups in total. The number of aromatic hydroxyl groups is 1. The zero-order valence-electron chi connectivity index (χ0n) is 21.6. The number of hydrogen-bond donors (Lipinski definition) is 8. The number of carbonyl (C=O) groups is 2. The molecule has 13 nitrogen and oxygen atoms in total. The average Bonchev–Trinajstić information content (AvgIpc) is 3.30. The Morgan fingerprint density at radius 1 is 1.18 bits per heavy atom. The summed E-state index contributed by atoms with van der Waals surface area (Å²) in [5, 5.41) is 38.3. The van der Waals surface area contributed by atoms with E-state index >= 15 is 0 Å². The molecule has 0 fully saturated rings. The van der Waals surface area contributed by atoms with Crippen LogP contribution in [-0.4, -0.2) is 52.8 Å². The molecule has 14 heteroatoms. The number of primary sulfonamides is 1. The molecule has 0 aliphatic heterocycles. The molecule has 1 unspecified atom stereocenters. The van der Waals surface area contributed by atoms with Gasteiger partial charge in [0.25, 0.3) is 0 Å². The summed E-state index contributed by atoms with van der Waals surface area (Å²) in [6, 6.07) is 10.5. The third-order valence-corrected chi connectivity index (χ3v) is 8.55. The van der Waals surface area contributed by atoms with Crippen molar-refractivity contribution in [1.29, 1.82) is 5.41 Å². The highest BCUT2D eigenvalue weighted by Crippen LogP contribution is 2.51. The number of carbonyl (C=O) groups excluding carboxylic acids is 2. The normalized spacial score (nSPS) is 17.9. The predicted octanol–water partition coefficient (Wildman–Crippen LogP) is 0.963. The van der Waals surface area contributed by atoms with E-state index in [0.29, 0.717) is 16.6 Å². The number of hydrogen-bond acceptors (Lipinski definition) is 8. The van der Waals surface area contributed by atoms with E-state index in [0.717, 1.165) is 0 Å². The van der Waals surface area contributed by atoms with Gasteiger partial charge in [0.1, 0.15) is 23.2 Å². The highest BCUT2D eigenvalue weighted by molar-refractivity contribution is 7.90. The number of phenolic OH excluding ortho intramolecular Hbond substituents is 1. The number of benzene rings is 2. The van der Waals surface area contributed by atoms with Gasteiger partial charge in [-0.15, -0.1) is 0 Å². The van der Waals surface area contributed by atoms with Crippen LogP contribution in [0.3, 0.4) is 0 Å². The number of amides is 2. The lowest BCUT2D eigenvalue weighted by Crippen LogP contribution is -2.49.